The molecule has 1 aromatic heterocycles. The number of urea groups is 1. The summed E-state index contributed by atoms with van der Waals surface area (Å²) >= 11 is 0. The molecule has 0 aromatic carbocycles. The van der Waals surface area contributed by atoms with Crippen LogP contribution in [0.5, 0.6) is 0 Å². The Morgan fingerprint density at radius 1 is 1.19 bits per heavy atom. The van der Waals surface area contributed by atoms with Crippen LogP contribution >= 0.6 is 0 Å². The second kappa shape index (κ2) is 7.66. The van der Waals surface area contributed by atoms with E-state index in [9.17, 15) is 14.4 Å². The minimum Gasteiger partial charge on any atom is -0.342 e. The van der Waals surface area contributed by atoms with Crippen molar-refractivity contribution >= 4 is 17.8 Å². The quantitative estimate of drug-likeness (QED) is 0.740. The summed E-state index contributed by atoms with van der Waals surface area (Å²) < 4.78 is 0. The number of rotatable bonds is 5. The Morgan fingerprint density at radius 3 is 2.41 bits per heavy atom. The zero-order chi connectivity index (χ0) is 19.6. The van der Waals surface area contributed by atoms with Gasteiger partial charge in [-0.05, 0) is 42.9 Å². The molecule has 0 radical (unpaired) electrons. The summed E-state index contributed by atoms with van der Waals surface area (Å²) in [6.45, 7) is 5.67. The molecule has 3 rings (SSSR count). The minimum atomic E-state index is -0.780. The van der Waals surface area contributed by atoms with Gasteiger partial charge in [0.05, 0.1) is 0 Å². The predicted molar refractivity (Wildman–Crippen MR) is 101 cm³/mol. The number of carbonyl (C=O) groups excluding carboxylic acids is 3. The van der Waals surface area contributed by atoms with E-state index in [1.807, 2.05) is 30.9 Å². The van der Waals surface area contributed by atoms with Crippen LogP contribution in [0.1, 0.15) is 38.7 Å². The van der Waals surface area contributed by atoms with Crippen molar-refractivity contribution in [2.24, 2.45) is 5.92 Å². The molecule has 2 aliphatic heterocycles. The van der Waals surface area contributed by atoms with Crippen molar-refractivity contribution in [2.45, 2.75) is 45.1 Å². The van der Waals surface area contributed by atoms with Crippen molar-refractivity contribution in [3.8, 4) is 0 Å². The first kappa shape index (κ1) is 19.3. The van der Waals surface area contributed by atoms with Gasteiger partial charge in [0.1, 0.15) is 5.54 Å². The number of aromatic nitrogens is 1. The van der Waals surface area contributed by atoms with E-state index in [0.717, 1.165) is 5.56 Å². The lowest BCUT2D eigenvalue weighted by molar-refractivity contribution is -0.140. The number of piperidine rings is 1. The lowest BCUT2D eigenvalue weighted by Gasteiger charge is -2.42. The van der Waals surface area contributed by atoms with E-state index in [4.69, 9.17) is 0 Å². The number of hydrogen-bond donors (Lipinski definition) is 0. The maximum atomic E-state index is 12.8. The SMILES string of the molecule is CC(C)CN1C(=O)N(C)C(=O)C12CCN(C(=O)CCc1ccncc1)CC2. The van der Waals surface area contributed by atoms with E-state index in [0.29, 0.717) is 45.3 Å². The van der Waals surface area contributed by atoms with E-state index in [1.54, 1.807) is 24.3 Å². The third-order valence-electron chi connectivity index (χ3n) is 5.61. The monoisotopic (exact) mass is 372 g/mol. The van der Waals surface area contributed by atoms with Gasteiger partial charge >= 0.3 is 6.03 Å². The van der Waals surface area contributed by atoms with Crippen LogP contribution in [0, 0.1) is 5.92 Å². The van der Waals surface area contributed by atoms with E-state index >= 15 is 0 Å². The molecule has 2 saturated heterocycles. The van der Waals surface area contributed by atoms with Crippen molar-refractivity contribution in [3.05, 3.63) is 30.1 Å². The molecule has 2 aliphatic rings. The van der Waals surface area contributed by atoms with Crippen LogP contribution < -0.4 is 0 Å². The number of pyridine rings is 1. The van der Waals surface area contributed by atoms with Crippen LogP contribution in [0.2, 0.25) is 0 Å². The Labute approximate surface area is 160 Å². The molecule has 0 saturated carbocycles. The second-order valence-electron chi connectivity index (χ2n) is 7.92. The maximum absolute atomic E-state index is 12.8. The molecular weight excluding hydrogens is 344 g/mol. The van der Waals surface area contributed by atoms with Gasteiger partial charge in [0.25, 0.3) is 5.91 Å². The van der Waals surface area contributed by atoms with Gasteiger partial charge in [-0.2, -0.15) is 0 Å². The Hall–Kier alpha value is -2.44. The Bertz CT molecular complexity index is 711. The van der Waals surface area contributed by atoms with Gasteiger partial charge in [0.15, 0.2) is 0 Å². The topological polar surface area (TPSA) is 73.8 Å². The number of likely N-dealkylation sites (N-methyl/N-ethyl adjacent to an activating group) is 1. The lowest BCUT2D eigenvalue weighted by atomic mass is 9.85. The van der Waals surface area contributed by atoms with Gasteiger partial charge in [-0.25, -0.2) is 4.79 Å². The highest BCUT2D eigenvalue weighted by molar-refractivity contribution is 6.07. The fourth-order valence-corrected chi connectivity index (χ4v) is 4.07. The van der Waals surface area contributed by atoms with Gasteiger partial charge in [0, 0.05) is 45.5 Å². The van der Waals surface area contributed by atoms with Crippen LogP contribution in [0.3, 0.4) is 0 Å². The average Bonchev–Trinajstić information content (AvgIpc) is 2.83. The van der Waals surface area contributed by atoms with Crippen molar-refractivity contribution in [2.75, 3.05) is 26.7 Å². The molecule has 4 amide bonds. The Morgan fingerprint density at radius 2 is 1.81 bits per heavy atom. The molecule has 1 spiro atoms. The molecular formula is C20H28N4O3. The second-order valence-corrected chi connectivity index (χ2v) is 7.92. The average molecular weight is 372 g/mol. The molecule has 0 N–H and O–H groups in total. The van der Waals surface area contributed by atoms with Crippen molar-refractivity contribution < 1.29 is 14.4 Å². The third-order valence-corrected chi connectivity index (χ3v) is 5.61. The summed E-state index contributed by atoms with van der Waals surface area (Å²) in [6, 6.07) is 3.62. The summed E-state index contributed by atoms with van der Waals surface area (Å²) in [7, 11) is 1.55. The molecule has 1 aromatic rings. The van der Waals surface area contributed by atoms with Crippen LogP contribution in [0.15, 0.2) is 24.5 Å². The summed E-state index contributed by atoms with van der Waals surface area (Å²) in [6.07, 6.45) is 5.60. The maximum Gasteiger partial charge on any atom is 0.327 e. The first-order valence-corrected chi connectivity index (χ1v) is 9.61. The van der Waals surface area contributed by atoms with Crippen LogP contribution in [-0.2, 0) is 16.0 Å². The third kappa shape index (κ3) is 3.68. The highest BCUT2D eigenvalue weighted by atomic mass is 16.2. The summed E-state index contributed by atoms with van der Waals surface area (Å²) in [4.78, 5) is 46.7. The van der Waals surface area contributed by atoms with Gasteiger partial charge in [-0.15, -0.1) is 0 Å². The fraction of sp³-hybridized carbons (Fsp3) is 0.600. The predicted octanol–water partition coefficient (Wildman–Crippen LogP) is 1.93. The molecule has 0 bridgehead atoms. The standard InChI is InChI=1S/C20H28N4O3/c1-15(2)14-24-19(27)22(3)18(26)20(24)8-12-23(13-9-20)17(25)5-4-16-6-10-21-11-7-16/h6-7,10-11,15H,4-5,8-9,12-14H2,1-3H3. The number of aryl methyl sites for hydroxylation is 1. The van der Waals surface area contributed by atoms with Gasteiger partial charge in [0.2, 0.25) is 5.91 Å². The van der Waals surface area contributed by atoms with E-state index < -0.39 is 5.54 Å². The van der Waals surface area contributed by atoms with Gasteiger partial charge < -0.3 is 9.80 Å². The zero-order valence-corrected chi connectivity index (χ0v) is 16.4. The van der Waals surface area contributed by atoms with Crippen LogP contribution in [0.25, 0.3) is 0 Å². The number of carbonyl (C=O) groups is 3. The number of nitrogens with zero attached hydrogens (tertiary/aromatic N) is 4. The van der Waals surface area contributed by atoms with E-state index in [1.165, 1.54) is 4.90 Å². The van der Waals surface area contributed by atoms with Gasteiger partial charge in [-0.3, -0.25) is 19.5 Å². The smallest absolute Gasteiger partial charge is 0.327 e. The normalized spacial score (nSPS) is 19.5. The number of hydrogen-bond acceptors (Lipinski definition) is 4. The van der Waals surface area contributed by atoms with Crippen LogP contribution in [-0.4, -0.2) is 69.8 Å². The first-order valence-electron chi connectivity index (χ1n) is 9.61. The summed E-state index contributed by atoms with van der Waals surface area (Å²) in [5.74, 6) is 0.254. The van der Waals surface area contributed by atoms with Crippen molar-refractivity contribution in [3.63, 3.8) is 0 Å². The highest BCUT2D eigenvalue weighted by Crippen LogP contribution is 2.37. The van der Waals surface area contributed by atoms with Crippen molar-refractivity contribution in [1.82, 2.24) is 19.7 Å². The zero-order valence-electron chi connectivity index (χ0n) is 16.4. The lowest BCUT2D eigenvalue weighted by Crippen LogP contribution is -2.58. The largest absolute Gasteiger partial charge is 0.342 e. The Kier molecular flexibility index (Phi) is 5.48. The first-order chi connectivity index (χ1) is 12.8. The summed E-state index contributed by atoms with van der Waals surface area (Å²) in [5.41, 5.74) is 0.311. The Balaban J connectivity index is 1.63. The van der Waals surface area contributed by atoms with E-state index in [2.05, 4.69) is 4.98 Å². The molecule has 0 aliphatic carbocycles. The molecule has 0 atom stereocenters. The number of amides is 4. The molecule has 2 fully saturated rings. The number of imide groups is 1. The highest BCUT2D eigenvalue weighted by Gasteiger charge is 2.57. The van der Waals surface area contributed by atoms with Gasteiger partial charge in [-0.1, -0.05) is 13.8 Å². The minimum absolute atomic E-state index is 0.0993. The molecule has 7 nitrogen and oxygen atoms in total. The summed E-state index contributed by atoms with van der Waals surface area (Å²) in [5, 5.41) is 0. The molecule has 27 heavy (non-hydrogen) atoms. The molecule has 0 unspecified atom stereocenters. The number of likely N-dealkylation sites (tertiary alicyclic amines) is 1. The molecule has 7 heteroatoms. The van der Waals surface area contributed by atoms with E-state index in [-0.39, 0.29) is 23.8 Å². The molecule has 146 valence electrons. The van der Waals surface area contributed by atoms with Crippen molar-refractivity contribution in [1.29, 1.82) is 0 Å². The molecule has 3 heterocycles. The van der Waals surface area contributed by atoms with Crippen LogP contribution in [0.4, 0.5) is 4.79 Å². The fourth-order valence-electron chi connectivity index (χ4n) is 4.07.